The summed E-state index contributed by atoms with van der Waals surface area (Å²) in [5.74, 6) is 0.506. The third-order valence-corrected chi connectivity index (χ3v) is 4.22. The number of thioether (sulfide) groups is 1. The summed E-state index contributed by atoms with van der Waals surface area (Å²) in [6, 6.07) is 19.9. The lowest BCUT2D eigenvalue weighted by Crippen LogP contribution is -2.28. The normalized spacial score (nSPS) is 11.7. The first kappa shape index (κ1) is 15.4. The number of benzene rings is 2. The minimum absolute atomic E-state index is 0.0165. The lowest BCUT2D eigenvalue weighted by molar-refractivity contribution is -0.118. The molecule has 2 aromatic carbocycles. The Kier molecular flexibility index (Phi) is 5.64. The first-order chi connectivity index (χ1) is 10.2. The smallest absolute Gasteiger partial charge is 0.247 e. The molecule has 0 heterocycles. The number of carbonyl (C=O) groups is 1. The third-order valence-electron chi connectivity index (χ3n) is 3.12. The van der Waals surface area contributed by atoms with Crippen LogP contribution in [0.4, 0.5) is 0 Å². The van der Waals surface area contributed by atoms with Gasteiger partial charge in [0.1, 0.15) is 0 Å². The molecule has 0 aliphatic heterocycles. The topological polar surface area (TPSA) is 29.1 Å². The van der Waals surface area contributed by atoms with Gasteiger partial charge >= 0.3 is 0 Å². The Hall–Kier alpha value is -2.00. The largest absolute Gasteiger partial charge is 0.346 e. The van der Waals surface area contributed by atoms with E-state index in [9.17, 15) is 4.79 Å². The first-order valence-electron chi connectivity index (χ1n) is 6.88. The molecule has 0 aliphatic carbocycles. The Labute approximate surface area is 130 Å². The molecule has 2 nitrogen and oxygen atoms in total. The van der Waals surface area contributed by atoms with E-state index in [0.717, 1.165) is 10.5 Å². The van der Waals surface area contributed by atoms with Crippen LogP contribution in [0.1, 0.15) is 18.5 Å². The van der Waals surface area contributed by atoms with Crippen molar-refractivity contribution >= 4 is 17.7 Å². The monoisotopic (exact) mass is 297 g/mol. The second kappa shape index (κ2) is 7.70. The number of nitrogens with one attached hydrogen (secondary N) is 1. The predicted octanol–water partition coefficient (Wildman–Crippen LogP) is 4.21. The van der Waals surface area contributed by atoms with Crippen molar-refractivity contribution in [2.45, 2.75) is 17.9 Å². The van der Waals surface area contributed by atoms with Crippen LogP contribution < -0.4 is 5.32 Å². The maximum absolute atomic E-state index is 12.1. The van der Waals surface area contributed by atoms with Crippen LogP contribution in [-0.4, -0.2) is 11.7 Å². The van der Waals surface area contributed by atoms with Crippen molar-refractivity contribution in [1.29, 1.82) is 0 Å². The molecule has 0 saturated heterocycles. The fourth-order valence-electron chi connectivity index (χ4n) is 1.88. The zero-order chi connectivity index (χ0) is 15.1. The van der Waals surface area contributed by atoms with E-state index >= 15 is 0 Å². The van der Waals surface area contributed by atoms with Gasteiger partial charge in [0, 0.05) is 16.2 Å². The van der Waals surface area contributed by atoms with Crippen LogP contribution in [-0.2, 0) is 4.79 Å². The van der Waals surface area contributed by atoms with Gasteiger partial charge < -0.3 is 5.32 Å². The van der Waals surface area contributed by atoms with Gasteiger partial charge in [-0.2, -0.15) is 0 Å². The summed E-state index contributed by atoms with van der Waals surface area (Å²) >= 11 is 1.62. The lowest BCUT2D eigenvalue weighted by Gasteiger charge is -2.15. The van der Waals surface area contributed by atoms with Crippen LogP contribution in [0, 0.1) is 0 Å². The van der Waals surface area contributed by atoms with Crippen LogP contribution in [0.2, 0.25) is 0 Å². The Morgan fingerprint density at radius 3 is 2.29 bits per heavy atom. The molecule has 0 spiro atoms. The molecule has 2 aromatic rings. The van der Waals surface area contributed by atoms with Gasteiger partial charge in [0.2, 0.25) is 5.91 Å². The van der Waals surface area contributed by atoms with E-state index < -0.39 is 0 Å². The highest BCUT2D eigenvalue weighted by Gasteiger charge is 2.12. The highest BCUT2D eigenvalue weighted by Crippen LogP contribution is 2.20. The van der Waals surface area contributed by atoms with E-state index in [1.54, 1.807) is 11.8 Å². The molecule has 1 unspecified atom stereocenters. The van der Waals surface area contributed by atoms with Crippen molar-refractivity contribution in [2.24, 2.45) is 0 Å². The fourth-order valence-corrected chi connectivity index (χ4v) is 2.70. The molecule has 1 atom stereocenters. The fraction of sp³-hybridized carbons (Fsp3) is 0.167. The van der Waals surface area contributed by atoms with Crippen LogP contribution >= 0.6 is 11.8 Å². The molecular weight excluding hydrogens is 278 g/mol. The number of hydrogen-bond acceptors (Lipinski definition) is 2. The molecule has 0 aromatic heterocycles. The van der Waals surface area contributed by atoms with Crippen LogP contribution in [0.5, 0.6) is 0 Å². The molecule has 0 bridgehead atoms. The van der Waals surface area contributed by atoms with E-state index in [2.05, 4.69) is 11.9 Å². The number of rotatable bonds is 6. The van der Waals surface area contributed by atoms with Crippen LogP contribution in [0.25, 0.3) is 0 Å². The molecule has 108 valence electrons. The first-order valence-corrected chi connectivity index (χ1v) is 7.87. The Bertz CT molecular complexity index is 595. The van der Waals surface area contributed by atoms with Crippen molar-refractivity contribution in [3.05, 3.63) is 78.4 Å². The highest BCUT2D eigenvalue weighted by atomic mass is 32.2. The molecule has 3 heteroatoms. The second-order valence-corrected chi connectivity index (χ2v) is 5.86. The average Bonchev–Trinajstić information content (AvgIpc) is 2.54. The molecule has 0 fully saturated rings. The summed E-state index contributed by atoms with van der Waals surface area (Å²) in [4.78, 5) is 13.3. The Morgan fingerprint density at radius 2 is 1.67 bits per heavy atom. The van der Waals surface area contributed by atoms with Gasteiger partial charge in [-0.3, -0.25) is 4.79 Å². The van der Waals surface area contributed by atoms with Gasteiger partial charge in [-0.25, -0.2) is 0 Å². The van der Waals surface area contributed by atoms with E-state index in [1.165, 1.54) is 0 Å². The zero-order valence-corrected chi connectivity index (χ0v) is 12.9. The molecule has 21 heavy (non-hydrogen) atoms. The van der Waals surface area contributed by atoms with Crippen molar-refractivity contribution in [1.82, 2.24) is 5.32 Å². The van der Waals surface area contributed by atoms with Gasteiger partial charge in [-0.15, -0.1) is 11.8 Å². The van der Waals surface area contributed by atoms with Crippen molar-refractivity contribution < 1.29 is 4.79 Å². The Morgan fingerprint density at radius 1 is 1.10 bits per heavy atom. The summed E-state index contributed by atoms with van der Waals surface area (Å²) in [7, 11) is 0. The molecule has 1 N–H and O–H groups in total. The number of amides is 1. The molecule has 1 amide bonds. The van der Waals surface area contributed by atoms with Gasteiger partial charge in [-0.1, -0.05) is 55.1 Å². The summed E-state index contributed by atoms with van der Waals surface area (Å²) < 4.78 is 0. The van der Waals surface area contributed by atoms with Crippen LogP contribution in [0.15, 0.2) is 77.7 Å². The summed E-state index contributed by atoms with van der Waals surface area (Å²) in [6.45, 7) is 5.86. The van der Waals surface area contributed by atoms with E-state index in [-0.39, 0.29) is 11.9 Å². The molecular formula is C18H19NOS. The van der Waals surface area contributed by atoms with Crippen LogP contribution in [0.3, 0.4) is 0 Å². The van der Waals surface area contributed by atoms with Crippen molar-refractivity contribution in [2.75, 3.05) is 5.75 Å². The van der Waals surface area contributed by atoms with E-state index in [1.807, 2.05) is 67.6 Å². The summed E-state index contributed by atoms with van der Waals surface area (Å²) in [5, 5.41) is 2.98. The van der Waals surface area contributed by atoms with Gasteiger partial charge in [0.05, 0.1) is 6.04 Å². The molecule has 2 rings (SSSR count). The molecule has 0 radical (unpaired) electrons. The Balaban J connectivity index is 1.84. The molecule has 0 saturated carbocycles. The minimum Gasteiger partial charge on any atom is -0.346 e. The zero-order valence-electron chi connectivity index (χ0n) is 12.1. The standard InChI is InChI=1S/C18H19NOS/c1-14(13-21-17-11-7-4-8-12-17)18(20)19-15(2)16-9-5-3-6-10-16/h3-12,15H,1,13H2,2H3,(H,19,20). The van der Waals surface area contributed by atoms with Crippen molar-refractivity contribution in [3.63, 3.8) is 0 Å². The van der Waals surface area contributed by atoms with Gasteiger partial charge in [0.15, 0.2) is 0 Å². The van der Waals surface area contributed by atoms with E-state index in [0.29, 0.717) is 11.3 Å². The third kappa shape index (κ3) is 4.80. The minimum atomic E-state index is -0.0882. The summed E-state index contributed by atoms with van der Waals surface area (Å²) in [6.07, 6.45) is 0. The number of carbonyl (C=O) groups excluding carboxylic acids is 1. The number of hydrogen-bond donors (Lipinski definition) is 1. The average molecular weight is 297 g/mol. The maximum atomic E-state index is 12.1. The summed E-state index contributed by atoms with van der Waals surface area (Å²) in [5.41, 5.74) is 1.68. The van der Waals surface area contributed by atoms with Gasteiger partial charge in [0.25, 0.3) is 0 Å². The lowest BCUT2D eigenvalue weighted by atomic mass is 10.1. The van der Waals surface area contributed by atoms with E-state index in [4.69, 9.17) is 0 Å². The highest BCUT2D eigenvalue weighted by molar-refractivity contribution is 7.99. The maximum Gasteiger partial charge on any atom is 0.247 e. The predicted molar refractivity (Wildman–Crippen MR) is 89.3 cm³/mol. The second-order valence-electron chi connectivity index (χ2n) is 4.81. The molecule has 0 aliphatic rings. The SMILES string of the molecule is C=C(CSc1ccccc1)C(=O)NC(C)c1ccccc1. The quantitative estimate of drug-likeness (QED) is 0.639. The van der Waals surface area contributed by atoms with Crippen molar-refractivity contribution in [3.8, 4) is 0 Å². The van der Waals surface area contributed by atoms with Gasteiger partial charge in [-0.05, 0) is 24.6 Å².